The maximum Gasteiger partial charge on any atom is 0.358 e. The van der Waals surface area contributed by atoms with E-state index in [1.54, 1.807) is 11.6 Å². The Bertz CT molecular complexity index is 986. The molecule has 9 heteroatoms. The van der Waals surface area contributed by atoms with Crippen molar-refractivity contribution in [1.82, 2.24) is 20.1 Å². The molecule has 2 aliphatic rings. The van der Waals surface area contributed by atoms with Crippen molar-refractivity contribution in [2.24, 2.45) is 11.3 Å². The van der Waals surface area contributed by atoms with Crippen LogP contribution in [0, 0.1) is 18.3 Å². The number of nitrogens with zero attached hydrogens (tertiary/aromatic N) is 3. The van der Waals surface area contributed by atoms with Crippen LogP contribution in [0.1, 0.15) is 70.6 Å². The van der Waals surface area contributed by atoms with Gasteiger partial charge in [-0.3, -0.25) is 9.48 Å². The normalized spacial score (nSPS) is 19.0. The minimum atomic E-state index is -1.08. The quantitative estimate of drug-likeness (QED) is 0.722. The molecule has 0 radical (unpaired) electrons. The highest BCUT2D eigenvalue weighted by Gasteiger charge is 2.39. The Morgan fingerprint density at radius 2 is 2.06 bits per heavy atom. The molecular weight excluding hydrogens is 400 g/mol. The van der Waals surface area contributed by atoms with Gasteiger partial charge in [0, 0.05) is 45.2 Å². The molecule has 4 heterocycles. The predicted octanol–water partition coefficient (Wildman–Crippen LogP) is 2.40. The molecule has 1 fully saturated rings. The number of fused-ring (bicyclic) bond motifs is 1. The molecule has 4 rings (SSSR count). The fourth-order valence-corrected chi connectivity index (χ4v) is 4.82. The van der Waals surface area contributed by atoms with E-state index in [0.29, 0.717) is 56.5 Å². The van der Waals surface area contributed by atoms with Gasteiger partial charge in [-0.05, 0) is 43.9 Å². The van der Waals surface area contributed by atoms with Crippen LogP contribution in [0.2, 0.25) is 0 Å². The standard InChI is InChI=1S/C22H30N4O5/c1-4-26-19-15(11-22(12-23-20(19)27)5-7-30-8-6-22)16(25-26)9-13(2)10-17-18(21(28)29)24-14(3)31-17/h13H,4-12H2,1-3H3,(H,23,27)(H,28,29)/t13-/m1/s1. The van der Waals surface area contributed by atoms with Crippen LogP contribution in [0.5, 0.6) is 0 Å². The van der Waals surface area contributed by atoms with E-state index in [-0.39, 0.29) is 22.9 Å². The van der Waals surface area contributed by atoms with E-state index in [1.807, 2.05) is 13.8 Å². The number of aryl methyl sites for hydroxylation is 2. The SMILES string of the molecule is CCn1nc(C[C@@H](C)Cc2oc(C)nc2C(=O)O)c2c1C(=O)NCC1(CCOCC1)C2. The summed E-state index contributed by atoms with van der Waals surface area (Å²) in [5.74, 6) is -0.335. The number of aromatic carboxylic acids is 1. The second kappa shape index (κ2) is 8.45. The number of ether oxygens (including phenoxy) is 1. The number of oxazole rings is 1. The number of amides is 1. The molecule has 9 nitrogen and oxygen atoms in total. The molecule has 2 aliphatic heterocycles. The average molecular weight is 431 g/mol. The van der Waals surface area contributed by atoms with Gasteiger partial charge in [0.05, 0.1) is 5.69 Å². The molecule has 0 bridgehead atoms. The van der Waals surface area contributed by atoms with Crippen LogP contribution in [0.25, 0.3) is 0 Å². The smallest absolute Gasteiger partial charge is 0.358 e. The maximum absolute atomic E-state index is 12.9. The van der Waals surface area contributed by atoms with E-state index < -0.39 is 5.97 Å². The summed E-state index contributed by atoms with van der Waals surface area (Å²) in [6.45, 7) is 8.37. The molecule has 0 aromatic carbocycles. The van der Waals surface area contributed by atoms with Crippen molar-refractivity contribution >= 4 is 11.9 Å². The third-order valence-corrected chi connectivity index (χ3v) is 6.46. The van der Waals surface area contributed by atoms with Crippen LogP contribution in [-0.4, -0.2) is 51.5 Å². The monoisotopic (exact) mass is 430 g/mol. The highest BCUT2D eigenvalue weighted by molar-refractivity contribution is 5.94. The minimum Gasteiger partial charge on any atom is -0.476 e. The van der Waals surface area contributed by atoms with Crippen LogP contribution in [-0.2, 0) is 30.5 Å². The van der Waals surface area contributed by atoms with E-state index in [9.17, 15) is 14.7 Å². The summed E-state index contributed by atoms with van der Waals surface area (Å²) in [4.78, 5) is 28.4. The molecule has 0 aliphatic carbocycles. The molecule has 0 unspecified atom stereocenters. The molecule has 0 saturated carbocycles. The summed E-state index contributed by atoms with van der Waals surface area (Å²) >= 11 is 0. The number of rotatable bonds is 6. The molecule has 1 atom stereocenters. The minimum absolute atomic E-state index is 0.00271. The van der Waals surface area contributed by atoms with Crippen LogP contribution in [0.15, 0.2) is 4.42 Å². The zero-order chi connectivity index (χ0) is 22.2. The Labute approximate surface area is 181 Å². The molecule has 1 spiro atoms. The zero-order valence-corrected chi connectivity index (χ0v) is 18.4. The van der Waals surface area contributed by atoms with Gasteiger partial charge in [0.2, 0.25) is 0 Å². The molecule has 2 aromatic heterocycles. The van der Waals surface area contributed by atoms with Gasteiger partial charge in [0.15, 0.2) is 11.6 Å². The van der Waals surface area contributed by atoms with E-state index in [1.165, 1.54) is 0 Å². The largest absolute Gasteiger partial charge is 0.476 e. The van der Waals surface area contributed by atoms with Crippen LogP contribution < -0.4 is 5.32 Å². The fourth-order valence-electron chi connectivity index (χ4n) is 4.82. The first kappa shape index (κ1) is 21.5. The van der Waals surface area contributed by atoms with Gasteiger partial charge in [-0.15, -0.1) is 0 Å². The third kappa shape index (κ3) is 4.23. The van der Waals surface area contributed by atoms with Crippen molar-refractivity contribution in [2.45, 2.75) is 59.4 Å². The van der Waals surface area contributed by atoms with Gasteiger partial charge in [0.1, 0.15) is 11.5 Å². The van der Waals surface area contributed by atoms with Gasteiger partial charge in [-0.2, -0.15) is 5.10 Å². The first-order valence-corrected chi connectivity index (χ1v) is 11.0. The van der Waals surface area contributed by atoms with E-state index in [0.717, 1.165) is 30.5 Å². The Kier molecular flexibility index (Phi) is 5.88. The molecule has 1 amide bonds. The third-order valence-electron chi connectivity index (χ3n) is 6.46. The highest BCUT2D eigenvalue weighted by atomic mass is 16.5. The van der Waals surface area contributed by atoms with E-state index in [4.69, 9.17) is 14.3 Å². The zero-order valence-electron chi connectivity index (χ0n) is 18.4. The first-order valence-electron chi connectivity index (χ1n) is 11.0. The predicted molar refractivity (Wildman–Crippen MR) is 111 cm³/mol. The number of carbonyl (C=O) groups is 2. The van der Waals surface area contributed by atoms with Crippen molar-refractivity contribution in [2.75, 3.05) is 19.8 Å². The van der Waals surface area contributed by atoms with Crippen LogP contribution >= 0.6 is 0 Å². The van der Waals surface area contributed by atoms with Crippen molar-refractivity contribution in [3.63, 3.8) is 0 Å². The number of hydrogen-bond donors (Lipinski definition) is 2. The number of aromatic nitrogens is 3. The Morgan fingerprint density at radius 3 is 2.74 bits per heavy atom. The number of hydrogen-bond acceptors (Lipinski definition) is 6. The summed E-state index contributed by atoms with van der Waals surface area (Å²) in [6.07, 6.45) is 3.71. The number of carbonyl (C=O) groups excluding carboxylic acids is 1. The van der Waals surface area contributed by atoms with Gasteiger partial charge in [0.25, 0.3) is 5.91 Å². The lowest BCUT2D eigenvalue weighted by atomic mass is 9.75. The van der Waals surface area contributed by atoms with Crippen LogP contribution in [0.3, 0.4) is 0 Å². The van der Waals surface area contributed by atoms with Crippen molar-refractivity contribution in [3.05, 3.63) is 34.3 Å². The lowest BCUT2D eigenvalue weighted by Crippen LogP contribution is -2.40. The Balaban J connectivity index is 1.62. The molecular formula is C22H30N4O5. The summed E-state index contributed by atoms with van der Waals surface area (Å²) < 4.78 is 12.9. The van der Waals surface area contributed by atoms with Gasteiger partial charge in [-0.1, -0.05) is 6.92 Å². The van der Waals surface area contributed by atoms with E-state index in [2.05, 4.69) is 10.3 Å². The second-order valence-corrected chi connectivity index (χ2v) is 8.88. The summed E-state index contributed by atoms with van der Waals surface area (Å²) in [5, 5.41) is 17.3. The molecule has 2 aromatic rings. The second-order valence-electron chi connectivity index (χ2n) is 8.88. The van der Waals surface area contributed by atoms with Gasteiger partial charge < -0.3 is 19.6 Å². The van der Waals surface area contributed by atoms with Crippen molar-refractivity contribution in [3.8, 4) is 0 Å². The lowest BCUT2D eigenvalue weighted by Gasteiger charge is -2.36. The first-order chi connectivity index (χ1) is 14.8. The van der Waals surface area contributed by atoms with Crippen LogP contribution in [0.4, 0.5) is 0 Å². The summed E-state index contributed by atoms with van der Waals surface area (Å²) in [7, 11) is 0. The number of nitrogens with one attached hydrogen (secondary N) is 1. The number of carboxylic acids is 1. The van der Waals surface area contributed by atoms with Crippen molar-refractivity contribution in [1.29, 1.82) is 0 Å². The maximum atomic E-state index is 12.9. The Morgan fingerprint density at radius 1 is 1.32 bits per heavy atom. The van der Waals surface area contributed by atoms with E-state index >= 15 is 0 Å². The molecule has 31 heavy (non-hydrogen) atoms. The fraction of sp³-hybridized carbons (Fsp3) is 0.636. The average Bonchev–Trinajstić information content (AvgIpc) is 3.22. The molecule has 1 saturated heterocycles. The summed E-state index contributed by atoms with van der Waals surface area (Å²) in [5.41, 5.74) is 2.58. The van der Waals surface area contributed by atoms with Gasteiger partial charge in [-0.25, -0.2) is 9.78 Å². The topological polar surface area (TPSA) is 119 Å². The Hall–Kier alpha value is -2.68. The number of carboxylic acid groups (broad SMARTS) is 1. The molecule has 168 valence electrons. The van der Waals surface area contributed by atoms with Crippen molar-refractivity contribution < 1.29 is 23.8 Å². The summed E-state index contributed by atoms with van der Waals surface area (Å²) in [6, 6.07) is 0. The molecule has 2 N–H and O–H groups in total. The van der Waals surface area contributed by atoms with Gasteiger partial charge >= 0.3 is 5.97 Å². The highest BCUT2D eigenvalue weighted by Crippen LogP contribution is 2.38. The lowest BCUT2D eigenvalue weighted by molar-refractivity contribution is 0.0160.